The molecule has 3 aromatic heterocycles. The number of ether oxygens (including phenoxy) is 2. The molecule has 13 nitrogen and oxygen atoms in total. The van der Waals surface area contributed by atoms with E-state index in [1.807, 2.05) is 0 Å². The van der Waals surface area contributed by atoms with Crippen LogP contribution in [0.25, 0.3) is 17.2 Å². The number of aromatic nitrogens is 7. The van der Waals surface area contributed by atoms with Crippen LogP contribution in [0.5, 0.6) is 5.75 Å². The highest BCUT2D eigenvalue weighted by Gasteiger charge is 2.40. The normalized spacial score (nSPS) is 16.2. The van der Waals surface area contributed by atoms with Gasteiger partial charge < -0.3 is 19.9 Å². The van der Waals surface area contributed by atoms with Crippen LogP contribution >= 0.6 is 11.6 Å². The predicted molar refractivity (Wildman–Crippen MR) is 131 cm³/mol. The van der Waals surface area contributed by atoms with Gasteiger partial charge in [-0.1, -0.05) is 11.6 Å². The predicted octanol–water partition coefficient (Wildman–Crippen LogP) is 2.99. The van der Waals surface area contributed by atoms with Gasteiger partial charge in [-0.3, -0.25) is 4.57 Å². The lowest BCUT2D eigenvalue weighted by Gasteiger charge is -2.15. The minimum absolute atomic E-state index is 0.163. The second-order valence-corrected chi connectivity index (χ2v) is 9.34. The second kappa shape index (κ2) is 11.2. The van der Waals surface area contributed by atoms with Crippen LogP contribution in [0.4, 0.5) is 31.1 Å². The van der Waals surface area contributed by atoms with Crippen molar-refractivity contribution in [2.75, 3.05) is 6.61 Å². The fraction of sp³-hybridized carbons (Fsp3) is 0.304. The van der Waals surface area contributed by atoms with Crippen molar-refractivity contribution in [2.24, 2.45) is 0 Å². The summed E-state index contributed by atoms with van der Waals surface area (Å²) in [5.41, 5.74) is -0.912. The summed E-state index contributed by atoms with van der Waals surface area (Å²) >= 11 is 5.89. The number of alkyl carbamates (subject to hydrolysis) is 1. The van der Waals surface area contributed by atoms with Crippen LogP contribution in [0.15, 0.2) is 47.4 Å². The molecular formula is C23H17ClF6N8O5. The summed E-state index contributed by atoms with van der Waals surface area (Å²) in [7, 11) is 0. The lowest BCUT2D eigenvalue weighted by atomic mass is 10.2. The van der Waals surface area contributed by atoms with Gasteiger partial charge >= 0.3 is 24.3 Å². The van der Waals surface area contributed by atoms with Gasteiger partial charge in [-0.15, -0.1) is 23.4 Å². The number of aliphatic hydroxyl groups excluding tert-OH is 1. The lowest BCUT2D eigenvalue weighted by molar-refractivity contribution is -0.274. The maximum absolute atomic E-state index is 13.2. The summed E-state index contributed by atoms with van der Waals surface area (Å²) in [5.74, 6) is -1.94. The molecule has 1 aliphatic heterocycles. The summed E-state index contributed by atoms with van der Waals surface area (Å²) in [5, 5.41) is 20.6. The number of amides is 1. The number of cyclic esters (lactones) is 1. The maximum atomic E-state index is 13.2. The molecule has 1 amide bonds. The first kappa shape index (κ1) is 29.8. The molecule has 0 spiro atoms. The van der Waals surface area contributed by atoms with Crippen molar-refractivity contribution in [3.63, 3.8) is 0 Å². The SMILES string of the molecule is O=C1NC(c2nc(Cn3nc(-c4ccc(Cl)cc4)n(C[C@H](O)C(F)(F)F)c3=O)nn2-c2ncccc2OC(F)(F)F)CO1. The Morgan fingerprint density at radius 2 is 1.84 bits per heavy atom. The number of pyridine rings is 1. The number of halogens is 7. The highest BCUT2D eigenvalue weighted by molar-refractivity contribution is 6.30. The van der Waals surface area contributed by atoms with Crippen LogP contribution < -0.4 is 15.7 Å². The zero-order chi connectivity index (χ0) is 31.1. The molecule has 0 radical (unpaired) electrons. The molecule has 1 unspecified atom stereocenters. The van der Waals surface area contributed by atoms with Crippen LogP contribution in [0.1, 0.15) is 17.7 Å². The molecule has 1 fully saturated rings. The average molecular weight is 635 g/mol. The molecule has 0 bridgehead atoms. The largest absolute Gasteiger partial charge is 0.573 e. The summed E-state index contributed by atoms with van der Waals surface area (Å²) < 4.78 is 89.8. The Labute approximate surface area is 240 Å². The third-order valence-electron chi connectivity index (χ3n) is 5.89. The Hall–Kier alpha value is -4.65. The zero-order valence-corrected chi connectivity index (χ0v) is 21.9. The third kappa shape index (κ3) is 6.56. The summed E-state index contributed by atoms with van der Waals surface area (Å²) in [6, 6.07) is 6.71. The van der Waals surface area contributed by atoms with Crippen molar-refractivity contribution in [1.29, 1.82) is 0 Å². The number of alkyl halides is 6. The number of rotatable bonds is 8. The van der Waals surface area contributed by atoms with Crippen molar-refractivity contribution in [2.45, 2.75) is 37.8 Å². The van der Waals surface area contributed by atoms with E-state index in [-0.39, 0.29) is 29.6 Å². The fourth-order valence-corrected chi connectivity index (χ4v) is 4.14. The van der Waals surface area contributed by atoms with Gasteiger partial charge in [0.2, 0.25) is 0 Å². The summed E-state index contributed by atoms with van der Waals surface area (Å²) in [4.78, 5) is 33.0. The van der Waals surface area contributed by atoms with E-state index in [0.717, 1.165) is 16.9 Å². The average Bonchev–Trinajstić information content (AvgIpc) is 3.62. The molecule has 1 saturated heterocycles. The molecule has 1 aliphatic rings. The number of hydrogen-bond donors (Lipinski definition) is 2. The van der Waals surface area contributed by atoms with Crippen LogP contribution in [0.2, 0.25) is 5.02 Å². The first-order valence-corrected chi connectivity index (χ1v) is 12.4. The van der Waals surface area contributed by atoms with Crippen LogP contribution in [-0.2, 0) is 17.8 Å². The smallest absolute Gasteiger partial charge is 0.447 e. The molecule has 5 rings (SSSR count). The van der Waals surface area contributed by atoms with Gasteiger partial charge in [0.15, 0.2) is 35.1 Å². The number of benzene rings is 1. The molecule has 20 heteroatoms. The monoisotopic (exact) mass is 634 g/mol. The molecule has 43 heavy (non-hydrogen) atoms. The highest BCUT2D eigenvalue weighted by Crippen LogP contribution is 2.30. The highest BCUT2D eigenvalue weighted by atomic mass is 35.5. The number of carbonyl (C=O) groups excluding carboxylic acids is 1. The summed E-state index contributed by atoms with van der Waals surface area (Å²) in [6.45, 7) is -2.09. The van der Waals surface area contributed by atoms with E-state index in [9.17, 15) is 41.0 Å². The van der Waals surface area contributed by atoms with Gasteiger partial charge in [0.05, 0.1) is 6.54 Å². The van der Waals surface area contributed by atoms with E-state index < -0.39 is 61.1 Å². The van der Waals surface area contributed by atoms with Crippen LogP contribution in [0.3, 0.4) is 0 Å². The van der Waals surface area contributed by atoms with Crippen molar-refractivity contribution < 1.29 is 45.7 Å². The molecular weight excluding hydrogens is 618 g/mol. The molecule has 0 saturated carbocycles. The maximum Gasteiger partial charge on any atom is 0.573 e. The lowest BCUT2D eigenvalue weighted by Crippen LogP contribution is -2.37. The molecule has 2 N–H and O–H groups in total. The number of nitrogens with zero attached hydrogens (tertiary/aromatic N) is 7. The van der Waals surface area contributed by atoms with Crippen molar-refractivity contribution >= 4 is 17.7 Å². The van der Waals surface area contributed by atoms with Gasteiger partial charge in [-0.05, 0) is 36.4 Å². The van der Waals surface area contributed by atoms with E-state index in [2.05, 4.69) is 30.2 Å². The zero-order valence-electron chi connectivity index (χ0n) is 21.2. The minimum atomic E-state index is -5.11. The first-order chi connectivity index (χ1) is 20.2. The molecule has 4 aromatic rings. The molecule has 0 aliphatic carbocycles. The van der Waals surface area contributed by atoms with Gasteiger partial charge in [0.25, 0.3) is 0 Å². The molecule has 2 atom stereocenters. The van der Waals surface area contributed by atoms with Gasteiger partial charge in [-0.2, -0.15) is 17.9 Å². The Balaban J connectivity index is 1.58. The Morgan fingerprint density at radius 3 is 2.47 bits per heavy atom. The van der Waals surface area contributed by atoms with Crippen LogP contribution in [0, 0.1) is 0 Å². The quantitative estimate of drug-likeness (QED) is 0.279. The van der Waals surface area contributed by atoms with E-state index in [0.29, 0.717) is 14.3 Å². The summed E-state index contributed by atoms with van der Waals surface area (Å²) in [6.07, 6.45) is -12.8. The number of aliphatic hydroxyl groups is 1. The minimum Gasteiger partial charge on any atom is -0.447 e. The van der Waals surface area contributed by atoms with Gasteiger partial charge in [0.1, 0.15) is 19.2 Å². The standard InChI is InChI=1S/C23H17ClF6N8O5/c24-12-5-3-11(4-6-12)17-35-37(21(41)36(17)8-15(39)22(25,26)27)9-16-33-18(13-10-42-20(40)32-13)38(34-16)19-14(2-1-7-31-19)43-23(28,29)30/h1-7,13,15,39H,8-10H2,(H,32,40)/t13?,15-/m0/s1. The molecule has 4 heterocycles. The number of nitrogens with one attached hydrogen (secondary N) is 1. The van der Waals surface area contributed by atoms with Crippen molar-refractivity contribution in [3.05, 3.63) is 69.8 Å². The second-order valence-electron chi connectivity index (χ2n) is 8.91. The van der Waals surface area contributed by atoms with Gasteiger partial charge in [-0.25, -0.2) is 24.2 Å². The molecule has 228 valence electrons. The Kier molecular flexibility index (Phi) is 7.78. The first-order valence-electron chi connectivity index (χ1n) is 12.0. The van der Waals surface area contributed by atoms with Crippen LogP contribution in [-0.4, -0.2) is 70.5 Å². The Bertz CT molecular complexity index is 1700. The fourth-order valence-electron chi connectivity index (χ4n) is 4.02. The van der Waals surface area contributed by atoms with Crippen molar-refractivity contribution in [3.8, 4) is 23.0 Å². The van der Waals surface area contributed by atoms with E-state index in [4.69, 9.17) is 16.3 Å². The number of carbonyl (C=O) groups is 1. The Morgan fingerprint density at radius 1 is 1.12 bits per heavy atom. The van der Waals surface area contributed by atoms with Crippen molar-refractivity contribution in [1.82, 2.24) is 39.4 Å². The van der Waals surface area contributed by atoms with Gasteiger partial charge in [0, 0.05) is 16.8 Å². The topological polar surface area (TPSA) is 151 Å². The third-order valence-corrected chi connectivity index (χ3v) is 6.14. The number of hydrogen-bond acceptors (Lipinski definition) is 9. The van der Waals surface area contributed by atoms with E-state index in [1.165, 1.54) is 30.3 Å². The molecule has 1 aromatic carbocycles. The van der Waals surface area contributed by atoms with E-state index in [1.54, 1.807) is 0 Å². The van der Waals surface area contributed by atoms with E-state index >= 15 is 0 Å².